The van der Waals surface area contributed by atoms with Gasteiger partial charge in [0, 0.05) is 30.8 Å². The van der Waals surface area contributed by atoms with E-state index in [4.69, 9.17) is 18.9 Å². The van der Waals surface area contributed by atoms with Gasteiger partial charge in [0.15, 0.2) is 11.5 Å². The Kier molecular flexibility index (Phi) is 5.13. The zero-order valence-corrected chi connectivity index (χ0v) is 14.1. The number of methoxy groups -OCH3 is 2. The van der Waals surface area contributed by atoms with Gasteiger partial charge in [0.2, 0.25) is 12.7 Å². The Morgan fingerprint density at radius 3 is 2.72 bits per heavy atom. The molecule has 2 aromatic carbocycles. The van der Waals surface area contributed by atoms with Crippen LogP contribution >= 0.6 is 0 Å². The molecule has 3 rings (SSSR count). The third-order valence-corrected chi connectivity index (χ3v) is 3.74. The number of amides is 1. The molecule has 0 bridgehead atoms. The predicted molar refractivity (Wildman–Crippen MR) is 93.8 cm³/mol. The van der Waals surface area contributed by atoms with Gasteiger partial charge in [-0.1, -0.05) is 0 Å². The first-order valence-electron chi connectivity index (χ1n) is 7.85. The summed E-state index contributed by atoms with van der Waals surface area (Å²) in [5, 5.41) is 6.03. The fraction of sp³-hybridized carbons (Fsp3) is 0.278. The minimum absolute atomic E-state index is 0.114. The lowest BCUT2D eigenvalue weighted by Gasteiger charge is -2.12. The largest absolute Gasteiger partial charge is 0.497 e. The fourth-order valence-electron chi connectivity index (χ4n) is 2.44. The van der Waals surface area contributed by atoms with Crippen molar-refractivity contribution in [1.82, 2.24) is 0 Å². The maximum Gasteiger partial charge on any atom is 0.231 e. The maximum absolute atomic E-state index is 12.1. The summed E-state index contributed by atoms with van der Waals surface area (Å²) in [6.45, 7) is 0.731. The molecular formula is C18H20N2O5. The Bertz CT molecular complexity index is 763. The van der Waals surface area contributed by atoms with Crippen LogP contribution in [0.25, 0.3) is 0 Å². The molecule has 7 heteroatoms. The number of rotatable bonds is 7. The molecule has 0 spiro atoms. The number of benzene rings is 2. The van der Waals surface area contributed by atoms with Gasteiger partial charge in [-0.3, -0.25) is 4.79 Å². The van der Waals surface area contributed by atoms with Gasteiger partial charge in [-0.2, -0.15) is 0 Å². The molecule has 7 nitrogen and oxygen atoms in total. The molecule has 0 aromatic heterocycles. The van der Waals surface area contributed by atoms with Crippen LogP contribution in [0.2, 0.25) is 0 Å². The summed E-state index contributed by atoms with van der Waals surface area (Å²) in [7, 11) is 3.13. The van der Waals surface area contributed by atoms with E-state index in [9.17, 15) is 4.79 Å². The Labute approximate surface area is 145 Å². The average Bonchev–Trinajstić information content (AvgIpc) is 3.10. The first-order valence-corrected chi connectivity index (χ1v) is 7.85. The van der Waals surface area contributed by atoms with Crippen LogP contribution in [-0.2, 0) is 4.79 Å². The Hall–Kier alpha value is -3.09. The normalized spacial score (nSPS) is 11.8. The maximum atomic E-state index is 12.1. The number of ether oxygens (including phenoxy) is 4. The number of fused-ring (bicyclic) bond motifs is 1. The summed E-state index contributed by atoms with van der Waals surface area (Å²) < 4.78 is 21.0. The molecule has 0 unspecified atom stereocenters. The average molecular weight is 344 g/mol. The minimum Gasteiger partial charge on any atom is -0.497 e. The first kappa shape index (κ1) is 16.8. The molecule has 25 heavy (non-hydrogen) atoms. The Morgan fingerprint density at radius 2 is 1.92 bits per heavy atom. The second kappa shape index (κ2) is 7.65. The summed E-state index contributed by atoms with van der Waals surface area (Å²) >= 11 is 0. The number of hydrogen-bond acceptors (Lipinski definition) is 6. The third kappa shape index (κ3) is 4.06. The van der Waals surface area contributed by atoms with Crippen molar-refractivity contribution in [2.75, 3.05) is 38.2 Å². The molecule has 1 aliphatic heterocycles. The lowest BCUT2D eigenvalue weighted by molar-refractivity contribution is -0.116. The molecule has 1 aliphatic rings. The summed E-state index contributed by atoms with van der Waals surface area (Å²) in [6.07, 6.45) is 0.309. The molecule has 0 radical (unpaired) electrons. The van der Waals surface area contributed by atoms with Crippen LogP contribution in [0.3, 0.4) is 0 Å². The monoisotopic (exact) mass is 344 g/mol. The summed E-state index contributed by atoms with van der Waals surface area (Å²) in [5.74, 6) is 2.54. The van der Waals surface area contributed by atoms with Crippen molar-refractivity contribution < 1.29 is 23.7 Å². The fourth-order valence-corrected chi connectivity index (χ4v) is 2.44. The van der Waals surface area contributed by atoms with Crippen molar-refractivity contribution in [2.45, 2.75) is 6.42 Å². The van der Waals surface area contributed by atoms with Crippen molar-refractivity contribution in [3.63, 3.8) is 0 Å². The Balaban J connectivity index is 1.51. The highest BCUT2D eigenvalue weighted by Crippen LogP contribution is 2.34. The van der Waals surface area contributed by atoms with Crippen LogP contribution in [0.15, 0.2) is 36.4 Å². The van der Waals surface area contributed by atoms with Gasteiger partial charge in [-0.25, -0.2) is 0 Å². The number of carbonyl (C=O) groups is 1. The number of anilines is 2. The molecule has 0 saturated carbocycles. The van der Waals surface area contributed by atoms with Crippen LogP contribution in [0, 0.1) is 0 Å². The molecule has 2 aromatic rings. The molecule has 132 valence electrons. The van der Waals surface area contributed by atoms with Crippen LogP contribution in [0.4, 0.5) is 11.4 Å². The standard InChI is InChI=1S/C18H20N2O5/c1-22-13-4-5-14(16(10-13)23-2)20-18(21)7-8-19-12-3-6-15-17(9-12)25-11-24-15/h3-6,9-10,19H,7-8,11H2,1-2H3,(H,20,21). The van der Waals surface area contributed by atoms with E-state index >= 15 is 0 Å². The predicted octanol–water partition coefficient (Wildman–Crippen LogP) is 2.87. The summed E-state index contributed by atoms with van der Waals surface area (Å²) in [4.78, 5) is 12.1. The third-order valence-electron chi connectivity index (χ3n) is 3.74. The molecule has 2 N–H and O–H groups in total. The molecule has 0 fully saturated rings. The highest BCUT2D eigenvalue weighted by atomic mass is 16.7. The highest BCUT2D eigenvalue weighted by Gasteiger charge is 2.13. The quantitative estimate of drug-likeness (QED) is 0.804. The van der Waals surface area contributed by atoms with Crippen molar-refractivity contribution in [1.29, 1.82) is 0 Å². The van der Waals surface area contributed by atoms with E-state index in [0.29, 0.717) is 35.9 Å². The number of carbonyl (C=O) groups excluding carboxylic acids is 1. The van der Waals surface area contributed by atoms with Gasteiger partial charge in [0.1, 0.15) is 11.5 Å². The van der Waals surface area contributed by atoms with E-state index in [2.05, 4.69) is 10.6 Å². The van der Waals surface area contributed by atoms with E-state index in [1.165, 1.54) is 0 Å². The number of nitrogens with one attached hydrogen (secondary N) is 2. The first-order chi connectivity index (χ1) is 12.2. The topological polar surface area (TPSA) is 78.1 Å². The SMILES string of the molecule is COc1ccc(NC(=O)CCNc2ccc3c(c2)OCO3)c(OC)c1. The van der Waals surface area contributed by atoms with Crippen molar-refractivity contribution in [3.8, 4) is 23.0 Å². The molecule has 1 heterocycles. The van der Waals surface area contributed by atoms with Crippen molar-refractivity contribution >= 4 is 17.3 Å². The van der Waals surface area contributed by atoms with E-state index in [1.807, 2.05) is 18.2 Å². The summed E-state index contributed by atoms with van der Waals surface area (Å²) in [6, 6.07) is 10.8. The van der Waals surface area contributed by atoms with Crippen LogP contribution in [0.5, 0.6) is 23.0 Å². The smallest absolute Gasteiger partial charge is 0.231 e. The Morgan fingerprint density at radius 1 is 1.08 bits per heavy atom. The molecule has 0 saturated heterocycles. The van der Waals surface area contributed by atoms with Crippen LogP contribution in [-0.4, -0.2) is 33.5 Å². The zero-order chi connectivity index (χ0) is 17.6. The second-order valence-electron chi connectivity index (χ2n) is 5.36. The van der Waals surface area contributed by atoms with E-state index in [-0.39, 0.29) is 12.7 Å². The van der Waals surface area contributed by atoms with Gasteiger partial charge in [-0.15, -0.1) is 0 Å². The number of hydrogen-bond donors (Lipinski definition) is 2. The van der Waals surface area contributed by atoms with Crippen molar-refractivity contribution in [2.24, 2.45) is 0 Å². The lowest BCUT2D eigenvalue weighted by atomic mass is 10.2. The molecule has 1 amide bonds. The van der Waals surface area contributed by atoms with Crippen LogP contribution < -0.4 is 29.6 Å². The lowest BCUT2D eigenvalue weighted by Crippen LogP contribution is -2.16. The van der Waals surface area contributed by atoms with E-state index < -0.39 is 0 Å². The van der Waals surface area contributed by atoms with Gasteiger partial charge < -0.3 is 29.6 Å². The van der Waals surface area contributed by atoms with E-state index in [1.54, 1.807) is 32.4 Å². The zero-order valence-electron chi connectivity index (χ0n) is 14.1. The van der Waals surface area contributed by atoms with Gasteiger partial charge in [0.25, 0.3) is 0 Å². The molecule has 0 aliphatic carbocycles. The van der Waals surface area contributed by atoms with Gasteiger partial charge in [0.05, 0.1) is 19.9 Å². The van der Waals surface area contributed by atoms with Crippen LogP contribution in [0.1, 0.15) is 6.42 Å². The summed E-state index contributed by atoms with van der Waals surface area (Å²) in [5.41, 5.74) is 1.48. The van der Waals surface area contributed by atoms with Crippen molar-refractivity contribution in [3.05, 3.63) is 36.4 Å². The highest BCUT2D eigenvalue weighted by molar-refractivity contribution is 5.92. The van der Waals surface area contributed by atoms with Gasteiger partial charge >= 0.3 is 0 Å². The molecular weight excluding hydrogens is 324 g/mol. The second-order valence-corrected chi connectivity index (χ2v) is 5.36. The van der Waals surface area contributed by atoms with E-state index in [0.717, 1.165) is 11.4 Å². The minimum atomic E-state index is -0.114. The van der Waals surface area contributed by atoms with Gasteiger partial charge in [-0.05, 0) is 24.3 Å². The molecule has 0 atom stereocenters.